The van der Waals surface area contributed by atoms with E-state index in [-0.39, 0.29) is 23.5 Å². The first kappa shape index (κ1) is 13.2. The fourth-order valence-electron chi connectivity index (χ4n) is 2.70. The Morgan fingerprint density at radius 2 is 2.15 bits per heavy atom. The van der Waals surface area contributed by atoms with Gasteiger partial charge in [0.2, 0.25) is 0 Å². The number of hydrogen-bond donors (Lipinski definition) is 1. The SMILES string of the molecule is CN(C(=O)c1cccc2cc[nH]c12)C1CCS(=O)(=O)C1. The third-order valence-electron chi connectivity index (χ3n) is 3.89. The number of fused-ring (bicyclic) bond motifs is 1. The number of nitrogens with zero attached hydrogens (tertiary/aromatic N) is 1. The van der Waals surface area contributed by atoms with Gasteiger partial charge in [-0.15, -0.1) is 0 Å². The summed E-state index contributed by atoms with van der Waals surface area (Å²) in [5.74, 6) is 0.0953. The maximum absolute atomic E-state index is 12.6. The van der Waals surface area contributed by atoms with Crippen molar-refractivity contribution in [1.82, 2.24) is 9.88 Å². The molecule has 1 aromatic heterocycles. The van der Waals surface area contributed by atoms with E-state index in [1.54, 1.807) is 24.2 Å². The van der Waals surface area contributed by atoms with E-state index in [0.29, 0.717) is 12.0 Å². The predicted octanol–water partition coefficient (Wildman–Crippen LogP) is 1.43. The van der Waals surface area contributed by atoms with Crippen LogP contribution >= 0.6 is 0 Å². The molecule has 0 radical (unpaired) electrons. The number of aromatic amines is 1. The van der Waals surface area contributed by atoms with Crippen molar-refractivity contribution in [2.24, 2.45) is 0 Å². The Kier molecular flexibility index (Phi) is 3.05. The Morgan fingerprint density at radius 3 is 2.85 bits per heavy atom. The lowest BCUT2D eigenvalue weighted by Crippen LogP contribution is -2.37. The van der Waals surface area contributed by atoms with Crippen LogP contribution in [0.4, 0.5) is 0 Å². The number of hydrogen-bond acceptors (Lipinski definition) is 3. The molecule has 1 atom stereocenters. The summed E-state index contributed by atoms with van der Waals surface area (Å²) in [4.78, 5) is 17.2. The molecule has 0 saturated carbocycles. The van der Waals surface area contributed by atoms with Gasteiger partial charge >= 0.3 is 0 Å². The van der Waals surface area contributed by atoms with Crippen LogP contribution in [0.1, 0.15) is 16.8 Å². The summed E-state index contributed by atoms with van der Waals surface area (Å²) in [5.41, 5.74) is 1.38. The highest BCUT2D eigenvalue weighted by Crippen LogP contribution is 2.22. The molecular weight excluding hydrogens is 276 g/mol. The average molecular weight is 292 g/mol. The van der Waals surface area contributed by atoms with E-state index in [4.69, 9.17) is 0 Å². The van der Waals surface area contributed by atoms with E-state index in [1.165, 1.54) is 0 Å². The molecule has 5 nitrogen and oxygen atoms in total. The van der Waals surface area contributed by atoms with Crippen molar-refractivity contribution in [2.75, 3.05) is 18.6 Å². The molecule has 1 aliphatic heterocycles. The van der Waals surface area contributed by atoms with E-state index in [1.807, 2.05) is 18.2 Å². The first-order chi connectivity index (χ1) is 9.48. The van der Waals surface area contributed by atoms with Gasteiger partial charge in [-0.2, -0.15) is 0 Å². The molecule has 1 unspecified atom stereocenters. The molecule has 1 saturated heterocycles. The highest BCUT2D eigenvalue weighted by molar-refractivity contribution is 7.91. The zero-order chi connectivity index (χ0) is 14.3. The molecule has 3 rings (SSSR count). The van der Waals surface area contributed by atoms with Gasteiger partial charge in [0.05, 0.1) is 22.6 Å². The number of H-pyrrole nitrogens is 1. The van der Waals surface area contributed by atoms with Crippen LogP contribution in [0.3, 0.4) is 0 Å². The molecule has 1 N–H and O–H groups in total. The number of rotatable bonds is 2. The lowest BCUT2D eigenvalue weighted by atomic mass is 10.1. The molecule has 0 aliphatic carbocycles. The second kappa shape index (κ2) is 4.63. The number of carbonyl (C=O) groups is 1. The van der Waals surface area contributed by atoms with Gasteiger partial charge < -0.3 is 9.88 Å². The van der Waals surface area contributed by atoms with E-state index in [9.17, 15) is 13.2 Å². The molecule has 1 aliphatic rings. The monoisotopic (exact) mass is 292 g/mol. The Bertz CT molecular complexity index is 764. The van der Waals surface area contributed by atoms with Crippen LogP contribution in [0.5, 0.6) is 0 Å². The van der Waals surface area contributed by atoms with Gasteiger partial charge in [0.25, 0.3) is 5.91 Å². The van der Waals surface area contributed by atoms with Gasteiger partial charge in [-0.1, -0.05) is 12.1 Å². The first-order valence-electron chi connectivity index (χ1n) is 6.52. The highest BCUT2D eigenvalue weighted by Gasteiger charge is 2.33. The van der Waals surface area contributed by atoms with Crippen molar-refractivity contribution in [3.05, 3.63) is 36.0 Å². The number of sulfone groups is 1. The summed E-state index contributed by atoms with van der Waals surface area (Å²) in [5, 5.41) is 0.975. The Balaban J connectivity index is 1.91. The van der Waals surface area contributed by atoms with E-state index >= 15 is 0 Å². The van der Waals surface area contributed by atoms with Crippen molar-refractivity contribution in [3.8, 4) is 0 Å². The number of carbonyl (C=O) groups excluding carboxylic acids is 1. The lowest BCUT2D eigenvalue weighted by Gasteiger charge is -2.23. The van der Waals surface area contributed by atoms with Crippen molar-refractivity contribution in [2.45, 2.75) is 12.5 Å². The molecule has 1 amide bonds. The van der Waals surface area contributed by atoms with Crippen LogP contribution in [0.25, 0.3) is 10.9 Å². The number of nitrogens with one attached hydrogen (secondary N) is 1. The Hall–Kier alpha value is -1.82. The van der Waals surface area contributed by atoms with Gasteiger partial charge in [0.15, 0.2) is 9.84 Å². The van der Waals surface area contributed by atoms with Gasteiger partial charge in [0, 0.05) is 24.7 Å². The van der Waals surface area contributed by atoms with Crippen LogP contribution in [0, 0.1) is 0 Å². The fraction of sp³-hybridized carbons (Fsp3) is 0.357. The Labute approximate surface area is 117 Å². The van der Waals surface area contributed by atoms with Crippen molar-refractivity contribution in [1.29, 1.82) is 0 Å². The van der Waals surface area contributed by atoms with E-state index in [2.05, 4.69) is 4.98 Å². The van der Waals surface area contributed by atoms with Crippen molar-refractivity contribution < 1.29 is 13.2 Å². The van der Waals surface area contributed by atoms with Gasteiger partial charge in [0.1, 0.15) is 0 Å². The van der Waals surface area contributed by atoms with E-state index < -0.39 is 9.84 Å². The molecule has 1 fully saturated rings. The molecule has 2 heterocycles. The summed E-state index contributed by atoms with van der Waals surface area (Å²) in [6, 6.07) is 7.22. The fourth-order valence-corrected chi connectivity index (χ4v) is 4.47. The molecule has 0 spiro atoms. The normalized spacial score (nSPS) is 21.1. The minimum Gasteiger partial charge on any atom is -0.361 e. The summed E-state index contributed by atoms with van der Waals surface area (Å²) in [6.07, 6.45) is 2.31. The molecule has 106 valence electrons. The van der Waals surface area contributed by atoms with Crippen LogP contribution in [0.15, 0.2) is 30.5 Å². The smallest absolute Gasteiger partial charge is 0.256 e. The summed E-state index contributed by atoms with van der Waals surface area (Å²) < 4.78 is 23.1. The number of amides is 1. The molecule has 1 aromatic carbocycles. The molecule has 6 heteroatoms. The second-order valence-electron chi connectivity index (χ2n) is 5.22. The zero-order valence-electron chi connectivity index (χ0n) is 11.2. The minimum absolute atomic E-state index is 0.0654. The molecule has 2 aromatic rings. The van der Waals surface area contributed by atoms with Crippen LogP contribution < -0.4 is 0 Å². The molecular formula is C14H16N2O3S. The van der Waals surface area contributed by atoms with E-state index in [0.717, 1.165) is 10.9 Å². The first-order valence-corrected chi connectivity index (χ1v) is 8.34. The van der Waals surface area contributed by atoms with Gasteiger partial charge in [-0.25, -0.2) is 8.42 Å². The van der Waals surface area contributed by atoms with Crippen LogP contribution in [0.2, 0.25) is 0 Å². The zero-order valence-corrected chi connectivity index (χ0v) is 12.0. The average Bonchev–Trinajstić information content (AvgIpc) is 3.02. The van der Waals surface area contributed by atoms with Crippen LogP contribution in [-0.2, 0) is 9.84 Å². The standard InChI is InChI=1S/C14H16N2O3S/c1-16(11-6-8-20(18,19)9-11)14(17)12-4-2-3-10-5-7-15-13(10)12/h2-5,7,11,15H,6,8-9H2,1H3. The largest absolute Gasteiger partial charge is 0.361 e. The van der Waals surface area contributed by atoms with Gasteiger partial charge in [-0.3, -0.25) is 4.79 Å². The third kappa shape index (κ3) is 2.20. The molecule has 20 heavy (non-hydrogen) atoms. The summed E-state index contributed by atoms with van der Waals surface area (Å²) in [7, 11) is -1.31. The summed E-state index contributed by atoms with van der Waals surface area (Å²) >= 11 is 0. The number of para-hydroxylation sites is 1. The molecule has 0 bridgehead atoms. The second-order valence-corrected chi connectivity index (χ2v) is 7.45. The maximum Gasteiger partial charge on any atom is 0.256 e. The lowest BCUT2D eigenvalue weighted by molar-refractivity contribution is 0.0749. The highest BCUT2D eigenvalue weighted by atomic mass is 32.2. The topological polar surface area (TPSA) is 70.2 Å². The minimum atomic E-state index is -2.99. The predicted molar refractivity (Wildman–Crippen MR) is 77.5 cm³/mol. The van der Waals surface area contributed by atoms with Crippen LogP contribution in [-0.4, -0.2) is 48.8 Å². The number of benzene rings is 1. The van der Waals surface area contributed by atoms with Gasteiger partial charge in [-0.05, 0) is 18.6 Å². The number of aromatic nitrogens is 1. The van der Waals surface area contributed by atoms with Crippen molar-refractivity contribution >= 4 is 26.6 Å². The Morgan fingerprint density at radius 1 is 1.35 bits per heavy atom. The summed E-state index contributed by atoms with van der Waals surface area (Å²) in [6.45, 7) is 0. The maximum atomic E-state index is 12.6. The quantitative estimate of drug-likeness (QED) is 0.910. The third-order valence-corrected chi connectivity index (χ3v) is 5.64. The van der Waals surface area contributed by atoms with Crippen molar-refractivity contribution in [3.63, 3.8) is 0 Å².